The van der Waals surface area contributed by atoms with Crippen molar-refractivity contribution in [1.82, 2.24) is 0 Å². The first-order valence-electron chi connectivity index (χ1n) is 6.32. The number of hydrogen-bond donors (Lipinski definition) is 1. The van der Waals surface area contributed by atoms with Crippen LogP contribution < -0.4 is 15.4 Å². The first-order valence-corrected chi connectivity index (χ1v) is 6.32. The lowest BCUT2D eigenvalue weighted by molar-refractivity contribution is -0.121. The highest BCUT2D eigenvalue weighted by molar-refractivity contribution is 5.98. The third-order valence-corrected chi connectivity index (χ3v) is 3.29. The molecule has 0 bridgehead atoms. The summed E-state index contributed by atoms with van der Waals surface area (Å²) in [6.07, 6.45) is 0. The van der Waals surface area contributed by atoms with Crippen LogP contribution in [0.5, 0.6) is 5.75 Å². The lowest BCUT2D eigenvalue weighted by Gasteiger charge is -2.29. The number of nitrogen functional groups attached to an aromatic ring is 1. The fourth-order valence-electron chi connectivity index (χ4n) is 2.23. The van der Waals surface area contributed by atoms with E-state index in [2.05, 4.69) is 0 Å². The average molecular weight is 290 g/mol. The van der Waals surface area contributed by atoms with Gasteiger partial charge in [-0.1, -0.05) is 12.1 Å². The van der Waals surface area contributed by atoms with E-state index in [0.29, 0.717) is 17.1 Å². The van der Waals surface area contributed by atoms with Crippen molar-refractivity contribution < 1.29 is 18.3 Å². The Kier molecular flexibility index (Phi) is 3.21. The topological polar surface area (TPSA) is 55.6 Å². The zero-order chi connectivity index (χ0) is 15.0. The predicted octanol–water partition coefficient (Wildman–Crippen LogP) is 2.47. The molecule has 4 nitrogen and oxygen atoms in total. The quantitative estimate of drug-likeness (QED) is 0.864. The number of nitrogens with two attached hydrogens (primary N) is 1. The molecule has 1 aliphatic rings. The van der Waals surface area contributed by atoms with Gasteiger partial charge in [0.25, 0.3) is 5.91 Å². The van der Waals surface area contributed by atoms with Crippen LogP contribution in [0.3, 0.4) is 0 Å². The largest absolute Gasteiger partial charge is 0.482 e. The Morgan fingerprint density at radius 3 is 2.86 bits per heavy atom. The summed E-state index contributed by atoms with van der Waals surface area (Å²) >= 11 is 0. The fraction of sp³-hybridized carbons (Fsp3) is 0.133. The molecule has 6 heteroatoms. The second kappa shape index (κ2) is 5.05. The summed E-state index contributed by atoms with van der Waals surface area (Å²) in [6.45, 7) is -0.226. The molecule has 0 atom stereocenters. The number of carbonyl (C=O) groups is 1. The highest BCUT2D eigenvalue weighted by Crippen LogP contribution is 2.35. The molecule has 2 aromatic rings. The Hall–Kier alpha value is -2.63. The van der Waals surface area contributed by atoms with Gasteiger partial charge in [0.1, 0.15) is 5.75 Å². The molecule has 0 saturated carbocycles. The Balaban J connectivity index is 2.00. The number of halogens is 2. The fourth-order valence-corrected chi connectivity index (χ4v) is 2.23. The van der Waals surface area contributed by atoms with Crippen LogP contribution in [0.15, 0.2) is 36.4 Å². The van der Waals surface area contributed by atoms with Crippen molar-refractivity contribution in [2.24, 2.45) is 0 Å². The first-order chi connectivity index (χ1) is 10.1. The monoisotopic (exact) mass is 290 g/mol. The van der Waals surface area contributed by atoms with Crippen LogP contribution in [0.1, 0.15) is 5.56 Å². The third kappa shape index (κ3) is 2.40. The maximum atomic E-state index is 13.8. The molecule has 3 rings (SSSR count). The van der Waals surface area contributed by atoms with Crippen molar-refractivity contribution in [3.8, 4) is 5.75 Å². The molecule has 108 valence electrons. The first kappa shape index (κ1) is 13.4. The zero-order valence-corrected chi connectivity index (χ0v) is 11.0. The summed E-state index contributed by atoms with van der Waals surface area (Å²) in [6, 6.07) is 8.74. The minimum atomic E-state index is -0.956. The van der Waals surface area contributed by atoms with Gasteiger partial charge in [0.15, 0.2) is 18.2 Å². The van der Waals surface area contributed by atoms with Gasteiger partial charge in [0.05, 0.1) is 12.2 Å². The van der Waals surface area contributed by atoms with Crippen LogP contribution in [0.2, 0.25) is 0 Å². The summed E-state index contributed by atoms with van der Waals surface area (Å²) in [5.41, 5.74) is 6.71. The average Bonchev–Trinajstić information content (AvgIpc) is 2.46. The molecule has 2 N–H and O–H groups in total. The molecule has 2 aromatic carbocycles. The number of ether oxygens (including phenoxy) is 1. The molecule has 0 saturated heterocycles. The molecule has 0 radical (unpaired) electrons. The molecule has 0 aliphatic carbocycles. The van der Waals surface area contributed by atoms with Crippen LogP contribution in [-0.2, 0) is 11.3 Å². The Labute approximate surface area is 119 Å². The standard InChI is InChI=1S/C15H12F2N2O2/c16-11-3-1-2-9(15(11)17)7-19-12-6-10(18)4-5-13(12)21-8-14(19)20/h1-6H,7-8,18H2. The second-order valence-electron chi connectivity index (χ2n) is 4.71. The Morgan fingerprint density at radius 1 is 1.24 bits per heavy atom. The van der Waals surface area contributed by atoms with Gasteiger partial charge in [0, 0.05) is 11.3 Å². The zero-order valence-electron chi connectivity index (χ0n) is 11.0. The summed E-state index contributed by atoms with van der Waals surface area (Å²) in [4.78, 5) is 13.4. The van der Waals surface area contributed by atoms with E-state index in [1.165, 1.54) is 17.0 Å². The molecule has 0 aromatic heterocycles. The molecular weight excluding hydrogens is 278 g/mol. The van der Waals surface area contributed by atoms with Crippen LogP contribution in [0.25, 0.3) is 0 Å². The third-order valence-electron chi connectivity index (χ3n) is 3.29. The van der Waals surface area contributed by atoms with Crippen molar-refractivity contribution in [3.63, 3.8) is 0 Å². The molecule has 1 heterocycles. The van der Waals surface area contributed by atoms with Crippen LogP contribution >= 0.6 is 0 Å². The van der Waals surface area contributed by atoms with Gasteiger partial charge >= 0.3 is 0 Å². The maximum Gasteiger partial charge on any atom is 0.265 e. The van der Waals surface area contributed by atoms with Gasteiger partial charge in [-0.2, -0.15) is 0 Å². The molecule has 1 aliphatic heterocycles. The molecule has 0 fully saturated rings. The predicted molar refractivity (Wildman–Crippen MR) is 73.9 cm³/mol. The van der Waals surface area contributed by atoms with Crippen molar-refractivity contribution in [2.75, 3.05) is 17.2 Å². The lowest BCUT2D eigenvalue weighted by Crippen LogP contribution is -2.38. The number of hydrogen-bond acceptors (Lipinski definition) is 3. The summed E-state index contributed by atoms with van der Waals surface area (Å²) in [7, 11) is 0. The van der Waals surface area contributed by atoms with Crippen molar-refractivity contribution in [2.45, 2.75) is 6.54 Å². The van der Waals surface area contributed by atoms with Crippen LogP contribution in [0.4, 0.5) is 20.2 Å². The van der Waals surface area contributed by atoms with E-state index in [4.69, 9.17) is 10.5 Å². The molecular formula is C15H12F2N2O2. The van der Waals surface area contributed by atoms with E-state index >= 15 is 0 Å². The van der Waals surface area contributed by atoms with E-state index in [9.17, 15) is 13.6 Å². The number of amides is 1. The summed E-state index contributed by atoms with van der Waals surface area (Å²) in [5.74, 6) is -1.75. The van der Waals surface area contributed by atoms with Gasteiger partial charge in [-0.3, -0.25) is 4.79 Å². The van der Waals surface area contributed by atoms with Gasteiger partial charge in [-0.15, -0.1) is 0 Å². The minimum Gasteiger partial charge on any atom is -0.482 e. The molecule has 1 amide bonds. The highest BCUT2D eigenvalue weighted by Gasteiger charge is 2.26. The van der Waals surface area contributed by atoms with Crippen molar-refractivity contribution in [3.05, 3.63) is 53.6 Å². The van der Waals surface area contributed by atoms with E-state index < -0.39 is 11.6 Å². The Morgan fingerprint density at radius 2 is 2.05 bits per heavy atom. The van der Waals surface area contributed by atoms with E-state index in [1.54, 1.807) is 18.2 Å². The van der Waals surface area contributed by atoms with Gasteiger partial charge in [0.2, 0.25) is 0 Å². The number of nitrogens with zero attached hydrogens (tertiary/aromatic N) is 1. The SMILES string of the molecule is Nc1ccc2c(c1)N(Cc1cccc(F)c1F)C(=O)CO2. The van der Waals surface area contributed by atoms with Crippen molar-refractivity contribution in [1.29, 1.82) is 0 Å². The summed E-state index contributed by atoms with van der Waals surface area (Å²) in [5, 5.41) is 0. The van der Waals surface area contributed by atoms with E-state index in [1.807, 2.05) is 0 Å². The van der Waals surface area contributed by atoms with E-state index in [0.717, 1.165) is 6.07 Å². The number of rotatable bonds is 2. The van der Waals surface area contributed by atoms with Gasteiger partial charge < -0.3 is 15.4 Å². The number of carbonyl (C=O) groups excluding carboxylic acids is 1. The minimum absolute atomic E-state index is 0.0811. The van der Waals surface area contributed by atoms with Gasteiger partial charge in [-0.25, -0.2) is 8.78 Å². The van der Waals surface area contributed by atoms with E-state index in [-0.39, 0.29) is 24.6 Å². The second-order valence-corrected chi connectivity index (χ2v) is 4.71. The van der Waals surface area contributed by atoms with Crippen molar-refractivity contribution >= 4 is 17.3 Å². The number of fused-ring (bicyclic) bond motifs is 1. The highest BCUT2D eigenvalue weighted by atomic mass is 19.2. The normalized spacial score (nSPS) is 13.8. The smallest absolute Gasteiger partial charge is 0.265 e. The molecule has 0 spiro atoms. The summed E-state index contributed by atoms with van der Waals surface area (Å²) < 4.78 is 32.3. The Bertz CT molecular complexity index is 719. The lowest BCUT2D eigenvalue weighted by atomic mass is 10.1. The van der Waals surface area contributed by atoms with Crippen LogP contribution in [0, 0.1) is 11.6 Å². The molecule has 21 heavy (non-hydrogen) atoms. The number of anilines is 2. The van der Waals surface area contributed by atoms with Crippen LogP contribution in [-0.4, -0.2) is 12.5 Å². The number of benzene rings is 2. The molecule has 0 unspecified atom stereocenters. The van der Waals surface area contributed by atoms with Gasteiger partial charge in [-0.05, 0) is 24.3 Å². The maximum absolute atomic E-state index is 13.8.